The number of hydrogen-bond acceptors (Lipinski definition) is 3. The third-order valence-corrected chi connectivity index (χ3v) is 6.86. The van der Waals surface area contributed by atoms with Crippen LogP contribution in [0.3, 0.4) is 0 Å². The Hall–Kier alpha value is -2.86. The molecule has 0 bridgehead atoms. The van der Waals surface area contributed by atoms with Crippen LogP contribution >= 0.6 is 23.2 Å². The Labute approximate surface area is 222 Å². The summed E-state index contributed by atoms with van der Waals surface area (Å²) < 4.78 is 1.85. The summed E-state index contributed by atoms with van der Waals surface area (Å²) in [6.07, 6.45) is 3.80. The molecule has 0 saturated heterocycles. The van der Waals surface area contributed by atoms with Crippen molar-refractivity contribution in [1.29, 1.82) is 0 Å². The van der Waals surface area contributed by atoms with E-state index < -0.39 is 0 Å². The van der Waals surface area contributed by atoms with Crippen LogP contribution in [0.25, 0.3) is 16.9 Å². The first-order valence-corrected chi connectivity index (χ1v) is 13.1. The number of carbonyl (C=O) groups is 1. The van der Waals surface area contributed by atoms with Gasteiger partial charge in [0, 0.05) is 24.8 Å². The van der Waals surface area contributed by atoms with Gasteiger partial charge in [0.05, 0.1) is 33.9 Å². The molecule has 1 atom stereocenters. The van der Waals surface area contributed by atoms with Gasteiger partial charge in [-0.1, -0.05) is 91.1 Å². The molecule has 0 aliphatic heterocycles. The predicted molar refractivity (Wildman–Crippen MR) is 149 cm³/mol. The first-order chi connectivity index (χ1) is 17.3. The van der Waals surface area contributed by atoms with E-state index in [2.05, 4.69) is 45.0 Å². The van der Waals surface area contributed by atoms with Gasteiger partial charge in [-0.3, -0.25) is 4.79 Å². The van der Waals surface area contributed by atoms with Gasteiger partial charge in [-0.05, 0) is 37.0 Å². The number of benzene rings is 2. The molecular weight excluding hydrogens is 491 g/mol. The van der Waals surface area contributed by atoms with Crippen molar-refractivity contribution >= 4 is 34.8 Å². The molecule has 7 heteroatoms. The standard InChI is InChI=1S/C29H32Cl2N4O/c1-4-14-34(15-5-2)26(36)17-25-28(33-29-24(31)16-23(30)18-35(25)29)22-12-10-21(11-13-22)27(32)20-8-6-19(3)7-9-20/h6-13,16,18,27H,4-5,14-15,17,32H2,1-3H3. The second-order valence-electron chi connectivity index (χ2n) is 9.17. The summed E-state index contributed by atoms with van der Waals surface area (Å²) in [5.41, 5.74) is 12.8. The number of aromatic nitrogens is 2. The summed E-state index contributed by atoms with van der Waals surface area (Å²) in [5, 5.41) is 0.933. The highest BCUT2D eigenvalue weighted by Crippen LogP contribution is 2.31. The quantitative estimate of drug-likeness (QED) is 0.261. The SMILES string of the molecule is CCCN(CCC)C(=O)Cc1c(-c2ccc(C(N)c3ccc(C)cc3)cc2)nc2c(Cl)cc(Cl)cn12. The third kappa shape index (κ3) is 5.59. The Balaban J connectivity index is 1.73. The lowest BCUT2D eigenvalue weighted by Crippen LogP contribution is -2.34. The maximum atomic E-state index is 13.3. The highest BCUT2D eigenvalue weighted by molar-refractivity contribution is 6.36. The molecule has 2 heterocycles. The van der Waals surface area contributed by atoms with E-state index in [9.17, 15) is 4.79 Å². The summed E-state index contributed by atoms with van der Waals surface area (Å²) in [7, 11) is 0. The maximum Gasteiger partial charge on any atom is 0.228 e. The lowest BCUT2D eigenvalue weighted by molar-refractivity contribution is -0.130. The largest absolute Gasteiger partial charge is 0.342 e. The van der Waals surface area contributed by atoms with Crippen molar-refractivity contribution in [2.24, 2.45) is 5.73 Å². The number of hydrogen-bond donors (Lipinski definition) is 1. The Morgan fingerprint density at radius 3 is 2.17 bits per heavy atom. The van der Waals surface area contributed by atoms with E-state index in [1.165, 1.54) is 5.56 Å². The van der Waals surface area contributed by atoms with Crippen LogP contribution < -0.4 is 5.73 Å². The van der Waals surface area contributed by atoms with Gasteiger partial charge in [-0.2, -0.15) is 0 Å². The minimum Gasteiger partial charge on any atom is -0.342 e. The molecule has 0 aliphatic rings. The van der Waals surface area contributed by atoms with E-state index in [0.29, 0.717) is 15.7 Å². The van der Waals surface area contributed by atoms with Crippen LogP contribution in [0.2, 0.25) is 10.0 Å². The molecule has 1 unspecified atom stereocenters. The average molecular weight is 524 g/mol. The molecule has 4 rings (SSSR count). The van der Waals surface area contributed by atoms with Gasteiger partial charge < -0.3 is 15.0 Å². The van der Waals surface area contributed by atoms with Crippen molar-refractivity contribution in [3.8, 4) is 11.3 Å². The minimum absolute atomic E-state index is 0.0656. The zero-order valence-corrected chi connectivity index (χ0v) is 22.5. The smallest absolute Gasteiger partial charge is 0.228 e. The summed E-state index contributed by atoms with van der Waals surface area (Å²) in [6, 6.07) is 17.7. The van der Waals surface area contributed by atoms with Crippen LogP contribution in [0.15, 0.2) is 60.8 Å². The molecule has 0 saturated carbocycles. The summed E-state index contributed by atoms with van der Waals surface area (Å²) in [6.45, 7) is 7.68. The Bertz CT molecular complexity index is 1340. The van der Waals surface area contributed by atoms with Gasteiger partial charge in [0.15, 0.2) is 5.65 Å². The molecule has 2 N–H and O–H groups in total. The van der Waals surface area contributed by atoms with Crippen molar-refractivity contribution < 1.29 is 4.79 Å². The number of fused-ring (bicyclic) bond motifs is 1. The highest BCUT2D eigenvalue weighted by Gasteiger charge is 2.22. The number of aryl methyl sites for hydroxylation is 1. The summed E-state index contributed by atoms with van der Waals surface area (Å²) in [4.78, 5) is 20.1. The Kier molecular flexibility index (Phi) is 8.35. The maximum absolute atomic E-state index is 13.3. The van der Waals surface area contributed by atoms with Crippen LogP contribution in [0.4, 0.5) is 0 Å². The van der Waals surface area contributed by atoms with E-state index in [0.717, 1.165) is 54.0 Å². The van der Waals surface area contributed by atoms with Crippen molar-refractivity contribution in [3.63, 3.8) is 0 Å². The number of halogens is 2. The molecule has 188 valence electrons. The fraction of sp³-hybridized carbons (Fsp3) is 0.310. The molecule has 4 aromatic rings. The van der Waals surface area contributed by atoms with Gasteiger partial charge in [-0.15, -0.1) is 0 Å². The second kappa shape index (κ2) is 11.5. The molecule has 1 amide bonds. The summed E-state index contributed by atoms with van der Waals surface area (Å²) in [5.74, 6) is 0.0656. The lowest BCUT2D eigenvalue weighted by Gasteiger charge is -2.21. The molecule has 0 fully saturated rings. The van der Waals surface area contributed by atoms with E-state index in [-0.39, 0.29) is 18.4 Å². The number of amides is 1. The molecule has 0 aliphatic carbocycles. The minimum atomic E-state index is -0.230. The van der Waals surface area contributed by atoms with Crippen LogP contribution in [0.1, 0.15) is 55.1 Å². The van der Waals surface area contributed by atoms with Crippen molar-refractivity contribution in [1.82, 2.24) is 14.3 Å². The van der Waals surface area contributed by atoms with Crippen molar-refractivity contribution in [3.05, 3.63) is 93.2 Å². The Morgan fingerprint density at radius 2 is 1.58 bits per heavy atom. The zero-order chi connectivity index (χ0) is 25.8. The monoisotopic (exact) mass is 522 g/mol. The Morgan fingerprint density at radius 1 is 1.00 bits per heavy atom. The average Bonchev–Trinajstić information content (AvgIpc) is 3.22. The number of nitrogens with zero attached hydrogens (tertiary/aromatic N) is 3. The topological polar surface area (TPSA) is 63.6 Å². The third-order valence-electron chi connectivity index (χ3n) is 6.38. The lowest BCUT2D eigenvalue weighted by atomic mass is 9.97. The fourth-order valence-electron chi connectivity index (χ4n) is 4.49. The van der Waals surface area contributed by atoms with E-state index in [4.69, 9.17) is 33.9 Å². The first-order valence-electron chi connectivity index (χ1n) is 12.4. The van der Waals surface area contributed by atoms with Crippen LogP contribution in [0, 0.1) is 6.92 Å². The van der Waals surface area contributed by atoms with Gasteiger partial charge in [-0.25, -0.2) is 4.98 Å². The number of pyridine rings is 1. The van der Waals surface area contributed by atoms with Gasteiger partial charge in [0.1, 0.15) is 0 Å². The molecule has 36 heavy (non-hydrogen) atoms. The van der Waals surface area contributed by atoms with Crippen LogP contribution in [-0.2, 0) is 11.2 Å². The van der Waals surface area contributed by atoms with E-state index in [1.54, 1.807) is 12.3 Å². The number of rotatable bonds is 9. The molecule has 5 nitrogen and oxygen atoms in total. The van der Waals surface area contributed by atoms with Crippen molar-refractivity contribution in [2.45, 2.75) is 46.1 Å². The normalized spacial score (nSPS) is 12.2. The molecule has 0 radical (unpaired) electrons. The highest BCUT2D eigenvalue weighted by atomic mass is 35.5. The fourth-order valence-corrected chi connectivity index (χ4v) is 5.00. The molecular formula is C29H32Cl2N4O. The molecule has 2 aromatic heterocycles. The van der Waals surface area contributed by atoms with Gasteiger partial charge >= 0.3 is 0 Å². The number of nitrogens with two attached hydrogens (primary N) is 1. The number of carbonyl (C=O) groups excluding carboxylic acids is 1. The predicted octanol–water partition coefficient (Wildman–Crippen LogP) is 6.86. The zero-order valence-electron chi connectivity index (χ0n) is 21.0. The van der Waals surface area contributed by atoms with Gasteiger partial charge in [0.25, 0.3) is 0 Å². The van der Waals surface area contributed by atoms with E-state index >= 15 is 0 Å². The summed E-state index contributed by atoms with van der Waals surface area (Å²) >= 11 is 12.8. The molecule has 2 aromatic carbocycles. The van der Waals surface area contributed by atoms with E-state index in [1.807, 2.05) is 33.6 Å². The van der Waals surface area contributed by atoms with Crippen LogP contribution in [-0.4, -0.2) is 33.3 Å². The van der Waals surface area contributed by atoms with Crippen LogP contribution in [0.5, 0.6) is 0 Å². The van der Waals surface area contributed by atoms with Gasteiger partial charge in [0.2, 0.25) is 5.91 Å². The first kappa shape index (κ1) is 26.2. The number of imidazole rings is 1. The van der Waals surface area contributed by atoms with Crippen molar-refractivity contribution in [2.75, 3.05) is 13.1 Å². The molecule has 0 spiro atoms. The second-order valence-corrected chi connectivity index (χ2v) is 10.0.